The summed E-state index contributed by atoms with van der Waals surface area (Å²) in [5.74, 6) is 0.397. The maximum Gasteiger partial charge on any atom is 0.416 e. The second-order valence-electron chi connectivity index (χ2n) is 9.27. The summed E-state index contributed by atoms with van der Waals surface area (Å²) in [6.07, 6.45) is -2.27. The van der Waals surface area contributed by atoms with E-state index in [1.165, 1.54) is 29.7 Å². The number of fused-ring (bicyclic) bond motifs is 1. The standard InChI is InChI=1S/C28H29F3N2O/c1-19(2)13-15-33-16-14-21-17-24(12-9-22(21)18-33)32-27(34)26-6-4-3-5-25(26)20-7-10-23(11-8-20)28(29,30)31/h3-12,17,19H,13-16,18H2,1-2H3,(H,32,34). The van der Waals surface area contributed by atoms with E-state index >= 15 is 0 Å². The summed E-state index contributed by atoms with van der Waals surface area (Å²) in [5, 5.41) is 2.97. The highest BCUT2D eigenvalue weighted by Gasteiger charge is 2.30. The first-order valence-corrected chi connectivity index (χ1v) is 11.6. The van der Waals surface area contributed by atoms with E-state index in [-0.39, 0.29) is 5.91 Å². The van der Waals surface area contributed by atoms with Crippen molar-refractivity contribution in [3.63, 3.8) is 0 Å². The average molecular weight is 467 g/mol. The van der Waals surface area contributed by atoms with E-state index in [1.807, 2.05) is 12.1 Å². The number of rotatable bonds is 6. The van der Waals surface area contributed by atoms with Gasteiger partial charge in [0.25, 0.3) is 5.91 Å². The molecule has 178 valence electrons. The summed E-state index contributed by atoms with van der Waals surface area (Å²) in [7, 11) is 0. The molecular formula is C28H29F3N2O. The highest BCUT2D eigenvalue weighted by atomic mass is 19.4. The number of hydrogen-bond acceptors (Lipinski definition) is 2. The lowest BCUT2D eigenvalue weighted by Crippen LogP contribution is -2.32. The number of nitrogens with zero attached hydrogens (tertiary/aromatic N) is 1. The lowest BCUT2D eigenvalue weighted by atomic mass is 9.97. The maximum absolute atomic E-state index is 13.1. The first kappa shape index (κ1) is 24.0. The van der Waals surface area contributed by atoms with Crippen molar-refractivity contribution in [2.24, 2.45) is 5.92 Å². The van der Waals surface area contributed by atoms with Gasteiger partial charge in [0.05, 0.1) is 5.56 Å². The molecule has 0 atom stereocenters. The summed E-state index contributed by atoms with van der Waals surface area (Å²) in [6.45, 7) is 7.50. The molecule has 1 aliphatic rings. The second-order valence-corrected chi connectivity index (χ2v) is 9.27. The van der Waals surface area contributed by atoms with Crippen LogP contribution in [0, 0.1) is 5.92 Å². The molecule has 0 bridgehead atoms. The van der Waals surface area contributed by atoms with Crippen LogP contribution in [0.15, 0.2) is 66.7 Å². The molecule has 0 unspecified atom stereocenters. The van der Waals surface area contributed by atoms with E-state index in [0.29, 0.717) is 22.6 Å². The van der Waals surface area contributed by atoms with Crippen molar-refractivity contribution < 1.29 is 18.0 Å². The molecule has 34 heavy (non-hydrogen) atoms. The second kappa shape index (κ2) is 10.0. The van der Waals surface area contributed by atoms with E-state index in [2.05, 4.69) is 30.1 Å². The molecule has 1 amide bonds. The van der Waals surface area contributed by atoms with Gasteiger partial charge in [-0.25, -0.2) is 0 Å². The normalized spacial score (nSPS) is 14.2. The van der Waals surface area contributed by atoms with Crippen LogP contribution in [0.1, 0.15) is 47.3 Å². The number of hydrogen-bond donors (Lipinski definition) is 1. The van der Waals surface area contributed by atoms with Gasteiger partial charge in [0.2, 0.25) is 0 Å². The summed E-state index contributed by atoms with van der Waals surface area (Å²) in [5.41, 5.74) is 4.11. The Bertz CT molecular complexity index is 1150. The summed E-state index contributed by atoms with van der Waals surface area (Å²) < 4.78 is 38.8. The minimum atomic E-state index is -4.40. The fourth-order valence-electron chi connectivity index (χ4n) is 4.29. The van der Waals surface area contributed by atoms with E-state index in [9.17, 15) is 18.0 Å². The summed E-state index contributed by atoms with van der Waals surface area (Å²) in [6, 6.07) is 17.9. The third kappa shape index (κ3) is 5.68. The smallest absolute Gasteiger partial charge is 0.322 e. The minimum absolute atomic E-state index is 0.287. The van der Waals surface area contributed by atoms with Gasteiger partial charge in [-0.1, -0.05) is 50.2 Å². The van der Waals surface area contributed by atoms with Crippen molar-refractivity contribution in [2.75, 3.05) is 18.4 Å². The van der Waals surface area contributed by atoms with Crippen LogP contribution < -0.4 is 5.32 Å². The molecule has 0 saturated heterocycles. The Hall–Kier alpha value is -3.12. The Morgan fingerprint density at radius 1 is 1.00 bits per heavy atom. The fourth-order valence-corrected chi connectivity index (χ4v) is 4.29. The lowest BCUT2D eigenvalue weighted by Gasteiger charge is -2.29. The number of anilines is 1. The van der Waals surface area contributed by atoms with Crippen LogP contribution >= 0.6 is 0 Å². The largest absolute Gasteiger partial charge is 0.416 e. The van der Waals surface area contributed by atoms with Gasteiger partial charge in [0.1, 0.15) is 0 Å². The Kier molecular flexibility index (Phi) is 7.08. The molecular weight excluding hydrogens is 437 g/mol. The van der Waals surface area contributed by atoms with Gasteiger partial charge in [0, 0.05) is 24.3 Å². The van der Waals surface area contributed by atoms with Crippen molar-refractivity contribution in [3.05, 3.63) is 89.0 Å². The van der Waals surface area contributed by atoms with Crippen molar-refractivity contribution in [3.8, 4) is 11.1 Å². The average Bonchev–Trinajstić information content (AvgIpc) is 2.82. The van der Waals surface area contributed by atoms with E-state index in [4.69, 9.17) is 0 Å². The summed E-state index contributed by atoms with van der Waals surface area (Å²) in [4.78, 5) is 15.6. The third-order valence-corrected chi connectivity index (χ3v) is 6.27. The number of alkyl halides is 3. The van der Waals surface area contributed by atoms with Gasteiger partial charge < -0.3 is 5.32 Å². The first-order chi connectivity index (χ1) is 16.2. The van der Waals surface area contributed by atoms with E-state index < -0.39 is 11.7 Å². The summed E-state index contributed by atoms with van der Waals surface area (Å²) >= 11 is 0. The molecule has 0 aromatic heterocycles. The Morgan fingerprint density at radius 2 is 1.74 bits per heavy atom. The molecule has 1 N–H and O–H groups in total. The molecule has 1 heterocycles. The Labute approximate surface area is 198 Å². The molecule has 0 fully saturated rings. The van der Waals surface area contributed by atoms with Crippen LogP contribution in [-0.2, 0) is 19.1 Å². The van der Waals surface area contributed by atoms with Gasteiger partial charge in [-0.15, -0.1) is 0 Å². The number of benzene rings is 3. The van der Waals surface area contributed by atoms with Gasteiger partial charge in [-0.2, -0.15) is 13.2 Å². The highest BCUT2D eigenvalue weighted by molar-refractivity contribution is 6.08. The molecule has 0 radical (unpaired) electrons. The lowest BCUT2D eigenvalue weighted by molar-refractivity contribution is -0.137. The van der Waals surface area contributed by atoms with Crippen LogP contribution in [0.3, 0.4) is 0 Å². The molecule has 0 saturated carbocycles. The quantitative estimate of drug-likeness (QED) is 0.423. The van der Waals surface area contributed by atoms with E-state index in [1.54, 1.807) is 24.3 Å². The molecule has 0 aliphatic carbocycles. The van der Waals surface area contributed by atoms with Crippen molar-refractivity contribution in [2.45, 2.75) is 39.4 Å². The molecule has 0 spiro atoms. The fraction of sp³-hybridized carbons (Fsp3) is 0.321. The van der Waals surface area contributed by atoms with Gasteiger partial charge in [-0.3, -0.25) is 9.69 Å². The van der Waals surface area contributed by atoms with Crippen LogP contribution in [0.2, 0.25) is 0 Å². The Balaban J connectivity index is 1.49. The monoisotopic (exact) mass is 466 g/mol. The molecule has 3 aromatic rings. The van der Waals surface area contributed by atoms with Crippen LogP contribution in [0.5, 0.6) is 0 Å². The number of nitrogens with one attached hydrogen (secondary N) is 1. The van der Waals surface area contributed by atoms with Crippen LogP contribution in [0.25, 0.3) is 11.1 Å². The molecule has 4 rings (SSSR count). The van der Waals surface area contributed by atoms with Gasteiger partial charge in [0.15, 0.2) is 0 Å². The van der Waals surface area contributed by atoms with E-state index in [0.717, 1.165) is 43.9 Å². The maximum atomic E-state index is 13.1. The zero-order valence-corrected chi connectivity index (χ0v) is 19.5. The van der Waals surface area contributed by atoms with Crippen LogP contribution in [0.4, 0.5) is 18.9 Å². The Morgan fingerprint density at radius 3 is 2.44 bits per heavy atom. The highest BCUT2D eigenvalue weighted by Crippen LogP contribution is 2.32. The molecule has 3 nitrogen and oxygen atoms in total. The predicted molar refractivity (Wildman–Crippen MR) is 130 cm³/mol. The number of carbonyl (C=O) groups is 1. The van der Waals surface area contributed by atoms with Crippen molar-refractivity contribution >= 4 is 11.6 Å². The first-order valence-electron chi connectivity index (χ1n) is 11.6. The molecule has 1 aliphatic heterocycles. The van der Waals surface area contributed by atoms with Crippen molar-refractivity contribution in [1.29, 1.82) is 0 Å². The minimum Gasteiger partial charge on any atom is -0.322 e. The topological polar surface area (TPSA) is 32.3 Å². The number of halogens is 3. The number of carbonyl (C=O) groups excluding carboxylic acids is 1. The van der Waals surface area contributed by atoms with Gasteiger partial charge >= 0.3 is 6.18 Å². The number of amides is 1. The molecule has 6 heteroatoms. The SMILES string of the molecule is CC(C)CCN1CCc2cc(NC(=O)c3ccccc3-c3ccc(C(F)(F)F)cc3)ccc2C1. The van der Waals surface area contributed by atoms with Crippen LogP contribution in [-0.4, -0.2) is 23.9 Å². The zero-order valence-electron chi connectivity index (χ0n) is 19.5. The zero-order chi connectivity index (χ0) is 24.3. The van der Waals surface area contributed by atoms with Gasteiger partial charge in [-0.05, 0) is 77.9 Å². The molecule has 3 aromatic carbocycles. The predicted octanol–water partition coefficient (Wildman–Crippen LogP) is 7.03. The van der Waals surface area contributed by atoms with Crippen molar-refractivity contribution in [1.82, 2.24) is 4.90 Å². The third-order valence-electron chi connectivity index (χ3n) is 6.27.